The highest BCUT2D eigenvalue weighted by Gasteiger charge is 2.23. The number of benzene rings is 3. The van der Waals surface area contributed by atoms with Crippen molar-refractivity contribution in [1.29, 1.82) is 0 Å². The molecule has 5 rings (SSSR count). The van der Waals surface area contributed by atoms with E-state index in [1.807, 2.05) is 24.3 Å². The third kappa shape index (κ3) is 6.36. The molecule has 3 aromatic rings. The van der Waals surface area contributed by atoms with Crippen LogP contribution in [-0.2, 0) is 9.53 Å². The number of carbonyl (C=O) groups excluding carboxylic acids is 1. The summed E-state index contributed by atoms with van der Waals surface area (Å²) in [5.41, 5.74) is 4.14. The second-order valence-corrected chi connectivity index (χ2v) is 9.02. The number of nitrogens with zero attached hydrogens (tertiary/aromatic N) is 2. The topological polar surface area (TPSA) is 110 Å². The number of guanidine groups is 1. The normalized spacial score (nSPS) is 16.8. The first kappa shape index (κ1) is 25.8. The molecule has 1 fully saturated rings. The quantitative estimate of drug-likeness (QED) is 0.226. The van der Waals surface area contributed by atoms with Gasteiger partial charge in [0.2, 0.25) is 11.9 Å². The number of anilines is 4. The molecule has 1 unspecified atom stereocenters. The third-order valence-electron chi connectivity index (χ3n) is 6.30. The molecule has 1 amide bonds. The molecule has 0 radical (unpaired) electrons. The number of aliphatic imine (C=N–C) groups is 1. The monoisotopic (exact) mass is 528 g/mol. The fraction of sp³-hybridized carbons (Fsp3) is 0.172. The van der Waals surface area contributed by atoms with Crippen LogP contribution in [-0.4, -0.2) is 43.3 Å². The van der Waals surface area contributed by atoms with Crippen molar-refractivity contribution in [3.63, 3.8) is 0 Å². The zero-order valence-electron chi connectivity index (χ0n) is 21.2. The van der Waals surface area contributed by atoms with Crippen molar-refractivity contribution in [2.45, 2.75) is 6.04 Å². The molecule has 9 nitrogen and oxygen atoms in total. The van der Waals surface area contributed by atoms with E-state index in [1.165, 1.54) is 18.2 Å². The molecule has 0 saturated carbocycles. The SMILES string of the molecule is C=CC(=O)Nc1cccc(C2NC(Nc3ccc(O)c(N4CCOCC4)c3)=NC=C2Nc2cccc(F)c2)c1. The van der Waals surface area contributed by atoms with Crippen molar-refractivity contribution in [3.8, 4) is 5.75 Å². The lowest BCUT2D eigenvalue weighted by molar-refractivity contribution is -0.111. The summed E-state index contributed by atoms with van der Waals surface area (Å²) in [7, 11) is 0. The Balaban J connectivity index is 1.43. The number of ether oxygens (including phenoxy) is 1. The zero-order valence-corrected chi connectivity index (χ0v) is 21.2. The predicted molar refractivity (Wildman–Crippen MR) is 151 cm³/mol. The van der Waals surface area contributed by atoms with Gasteiger partial charge in [-0.2, -0.15) is 0 Å². The first-order chi connectivity index (χ1) is 19.0. The van der Waals surface area contributed by atoms with Crippen LogP contribution in [0.15, 0.2) is 96.3 Å². The number of morpholine rings is 1. The molecular formula is C29H29FN6O3. The van der Waals surface area contributed by atoms with Gasteiger partial charge in [-0.05, 0) is 60.2 Å². The maximum absolute atomic E-state index is 13.9. The van der Waals surface area contributed by atoms with Crippen LogP contribution in [0.4, 0.5) is 27.1 Å². The van der Waals surface area contributed by atoms with Gasteiger partial charge in [-0.15, -0.1) is 0 Å². The highest BCUT2D eigenvalue weighted by atomic mass is 19.1. The summed E-state index contributed by atoms with van der Waals surface area (Å²) in [4.78, 5) is 18.5. The number of hydrogen-bond donors (Lipinski definition) is 5. The molecule has 200 valence electrons. The van der Waals surface area contributed by atoms with Crippen molar-refractivity contribution in [2.24, 2.45) is 4.99 Å². The van der Waals surface area contributed by atoms with Gasteiger partial charge in [-0.25, -0.2) is 9.38 Å². The molecular weight excluding hydrogens is 499 g/mol. The molecule has 2 heterocycles. The smallest absolute Gasteiger partial charge is 0.247 e. The van der Waals surface area contributed by atoms with E-state index in [-0.39, 0.29) is 17.5 Å². The van der Waals surface area contributed by atoms with Gasteiger partial charge in [0.15, 0.2) is 0 Å². The maximum atomic E-state index is 13.9. The molecule has 1 saturated heterocycles. The highest BCUT2D eigenvalue weighted by molar-refractivity contribution is 5.99. The number of amides is 1. The number of hydrogen-bond acceptors (Lipinski definition) is 8. The molecule has 0 spiro atoms. The van der Waals surface area contributed by atoms with Crippen LogP contribution in [0.25, 0.3) is 0 Å². The third-order valence-corrected chi connectivity index (χ3v) is 6.30. The van der Waals surface area contributed by atoms with Gasteiger partial charge in [-0.1, -0.05) is 24.8 Å². The Kier molecular flexibility index (Phi) is 7.74. The van der Waals surface area contributed by atoms with E-state index < -0.39 is 6.04 Å². The number of aromatic hydroxyl groups is 1. The number of carbonyl (C=O) groups is 1. The number of halogens is 1. The molecule has 39 heavy (non-hydrogen) atoms. The van der Waals surface area contributed by atoms with E-state index in [1.54, 1.807) is 36.5 Å². The molecule has 1 atom stereocenters. The minimum atomic E-state index is -0.412. The number of nitrogens with one attached hydrogen (secondary N) is 4. The largest absolute Gasteiger partial charge is 0.506 e. The van der Waals surface area contributed by atoms with Crippen molar-refractivity contribution in [3.05, 3.63) is 103 Å². The van der Waals surface area contributed by atoms with Crippen LogP contribution in [0, 0.1) is 5.82 Å². The number of phenols is 1. The first-order valence-corrected chi connectivity index (χ1v) is 12.5. The Hall–Kier alpha value is -4.83. The van der Waals surface area contributed by atoms with Gasteiger partial charge < -0.3 is 36.0 Å². The summed E-state index contributed by atoms with van der Waals surface area (Å²) >= 11 is 0. The second kappa shape index (κ2) is 11.7. The van der Waals surface area contributed by atoms with Crippen molar-refractivity contribution in [2.75, 3.05) is 47.2 Å². The summed E-state index contributed by atoms with van der Waals surface area (Å²) in [5, 5.41) is 23.2. The fourth-order valence-corrected chi connectivity index (χ4v) is 4.41. The van der Waals surface area contributed by atoms with E-state index >= 15 is 0 Å². The lowest BCUT2D eigenvalue weighted by atomic mass is 10.0. The summed E-state index contributed by atoms with van der Waals surface area (Å²) in [5.74, 6) is -0.00305. The Morgan fingerprint density at radius 1 is 1.05 bits per heavy atom. The minimum absolute atomic E-state index is 0.193. The first-order valence-electron chi connectivity index (χ1n) is 12.5. The minimum Gasteiger partial charge on any atom is -0.506 e. The molecule has 2 aliphatic rings. The molecule has 0 aromatic heterocycles. The Morgan fingerprint density at radius 2 is 1.82 bits per heavy atom. The van der Waals surface area contributed by atoms with Crippen molar-refractivity contribution >= 4 is 34.6 Å². The standard InChI is InChI=1S/C29H29FN6O3/c1-2-27(38)33-21-7-3-5-19(15-21)28-24(32-22-8-4-6-20(30)16-22)18-31-29(35-28)34-23-9-10-26(37)25(17-23)36-11-13-39-14-12-36/h2-10,15-18,28,32,37H,1,11-14H2,(H,33,38)(H2,31,34,35). The molecule has 3 aromatic carbocycles. The van der Waals surface area contributed by atoms with Crippen LogP contribution in [0.3, 0.4) is 0 Å². The lowest BCUT2D eigenvalue weighted by Gasteiger charge is -2.30. The van der Waals surface area contributed by atoms with Gasteiger partial charge in [0, 0.05) is 30.2 Å². The maximum Gasteiger partial charge on any atom is 0.247 e. The predicted octanol–water partition coefficient (Wildman–Crippen LogP) is 4.56. The molecule has 0 bridgehead atoms. The summed E-state index contributed by atoms with van der Waals surface area (Å²) in [6.07, 6.45) is 2.88. The number of phenolic OH excluding ortho intramolecular Hbond substituents is 1. The Morgan fingerprint density at radius 3 is 2.62 bits per heavy atom. The summed E-state index contributed by atoms with van der Waals surface area (Å²) < 4.78 is 19.3. The fourth-order valence-electron chi connectivity index (χ4n) is 4.41. The van der Waals surface area contributed by atoms with Crippen LogP contribution >= 0.6 is 0 Å². The van der Waals surface area contributed by atoms with Gasteiger partial charge in [0.1, 0.15) is 11.6 Å². The van der Waals surface area contributed by atoms with Gasteiger partial charge in [-0.3, -0.25) is 4.79 Å². The van der Waals surface area contributed by atoms with Crippen LogP contribution in [0.5, 0.6) is 5.75 Å². The average Bonchev–Trinajstić information content (AvgIpc) is 2.95. The van der Waals surface area contributed by atoms with Crippen molar-refractivity contribution in [1.82, 2.24) is 5.32 Å². The van der Waals surface area contributed by atoms with E-state index in [2.05, 4.69) is 37.7 Å². The average molecular weight is 529 g/mol. The zero-order chi connectivity index (χ0) is 27.2. The summed E-state index contributed by atoms with van der Waals surface area (Å²) in [6, 6.07) is 18.4. The lowest BCUT2D eigenvalue weighted by Crippen LogP contribution is -2.39. The van der Waals surface area contributed by atoms with E-state index in [0.29, 0.717) is 55.0 Å². The van der Waals surface area contributed by atoms with Crippen LogP contribution in [0.2, 0.25) is 0 Å². The van der Waals surface area contributed by atoms with Gasteiger partial charge in [0.05, 0.1) is 36.8 Å². The van der Waals surface area contributed by atoms with Gasteiger partial charge >= 0.3 is 0 Å². The Labute approximate surface area is 225 Å². The van der Waals surface area contributed by atoms with Crippen LogP contribution in [0.1, 0.15) is 11.6 Å². The molecule has 5 N–H and O–H groups in total. The van der Waals surface area contributed by atoms with Crippen LogP contribution < -0.4 is 26.2 Å². The summed E-state index contributed by atoms with van der Waals surface area (Å²) in [6.45, 7) is 6.09. The highest BCUT2D eigenvalue weighted by Crippen LogP contribution is 2.32. The molecule has 10 heteroatoms. The van der Waals surface area contributed by atoms with Gasteiger partial charge in [0.25, 0.3) is 0 Å². The van der Waals surface area contributed by atoms with E-state index in [4.69, 9.17) is 4.74 Å². The molecule has 2 aliphatic heterocycles. The molecule has 0 aliphatic carbocycles. The van der Waals surface area contributed by atoms with Crippen molar-refractivity contribution < 1.29 is 19.0 Å². The van der Waals surface area contributed by atoms with E-state index in [9.17, 15) is 14.3 Å². The van der Waals surface area contributed by atoms with E-state index in [0.717, 1.165) is 11.3 Å². The number of rotatable bonds is 7. The second-order valence-electron chi connectivity index (χ2n) is 9.02. The Bertz CT molecular complexity index is 1430.